The molecule has 0 atom stereocenters. The molecule has 1 saturated carbocycles. The summed E-state index contributed by atoms with van der Waals surface area (Å²) in [7, 11) is 2.06. The normalized spacial score (nSPS) is 16.1. The molecule has 1 aromatic heterocycles. The molecule has 110 valence electrons. The van der Waals surface area contributed by atoms with Crippen LogP contribution < -0.4 is 10.6 Å². The van der Waals surface area contributed by atoms with Gasteiger partial charge in [-0.25, -0.2) is 0 Å². The van der Waals surface area contributed by atoms with Gasteiger partial charge >= 0.3 is 0 Å². The molecule has 0 saturated heterocycles. The van der Waals surface area contributed by atoms with Gasteiger partial charge in [0.1, 0.15) is 4.99 Å². The molecule has 1 aliphatic rings. The molecule has 4 nitrogen and oxygen atoms in total. The molecule has 1 heterocycles. The number of anilines is 1. The fourth-order valence-corrected chi connectivity index (χ4v) is 3.25. The lowest BCUT2D eigenvalue weighted by Gasteiger charge is -2.29. The Labute approximate surface area is 126 Å². The van der Waals surface area contributed by atoms with Crippen molar-refractivity contribution in [1.82, 2.24) is 10.2 Å². The predicted molar refractivity (Wildman–Crippen MR) is 87.2 cm³/mol. The van der Waals surface area contributed by atoms with Crippen LogP contribution in [-0.2, 0) is 0 Å². The maximum Gasteiger partial charge on any atom is 0.161 e. The summed E-state index contributed by atoms with van der Waals surface area (Å²) in [6.07, 6.45) is 6.69. The second-order valence-electron chi connectivity index (χ2n) is 5.86. The molecule has 0 amide bonds. The zero-order valence-electron chi connectivity index (χ0n) is 12.6. The number of nitrogens with two attached hydrogens (primary N) is 1. The van der Waals surface area contributed by atoms with Crippen molar-refractivity contribution in [1.29, 1.82) is 0 Å². The SMILES string of the molecule is Cc1nnc(N(C)CC2CCCCC2)c(C(N)=S)c1C. The summed E-state index contributed by atoms with van der Waals surface area (Å²) in [5.74, 6) is 1.57. The van der Waals surface area contributed by atoms with Crippen molar-refractivity contribution < 1.29 is 0 Å². The topological polar surface area (TPSA) is 55.0 Å². The summed E-state index contributed by atoms with van der Waals surface area (Å²) >= 11 is 5.20. The second kappa shape index (κ2) is 6.48. The van der Waals surface area contributed by atoms with Gasteiger partial charge in [-0.05, 0) is 38.2 Å². The highest BCUT2D eigenvalue weighted by Gasteiger charge is 2.20. The Kier molecular flexibility index (Phi) is 4.91. The van der Waals surface area contributed by atoms with Gasteiger partial charge in [-0.1, -0.05) is 31.5 Å². The molecule has 0 spiro atoms. The van der Waals surface area contributed by atoms with Gasteiger partial charge < -0.3 is 10.6 Å². The van der Waals surface area contributed by atoms with Crippen LogP contribution in [0.25, 0.3) is 0 Å². The number of thiocarbonyl (C=S) groups is 1. The highest BCUT2D eigenvalue weighted by Crippen LogP contribution is 2.27. The number of rotatable bonds is 4. The molecular weight excluding hydrogens is 268 g/mol. The van der Waals surface area contributed by atoms with Crippen LogP contribution >= 0.6 is 12.2 Å². The Morgan fingerprint density at radius 3 is 2.50 bits per heavy atom. The first-order valence-corrected chi connectivity index (χ1v) is 7.76. The molecule has 5 heteroatoms. The molecule has 0 unspecified atom stereocenters. The van der Waals surface area contributed by atoms with Gasteiger partial charge in [0.15, 0.2) is 5.82 Å². The monoisotopic (exact) mass is 292 g/mol. The lowest BCUT2D eigenvalue weighted by atomic mass is 9.89. The molecule has 0 aromatic carbocycles. The van der Waals surface area contributed by atoms with Crippen LogP contribution in [0.3, 0.4) is 0 Å². The molecule has 20 heavy (non-hydrogen) atoms. The number of hydrogen-bond acceptors (Lipinski definition) is 4. The fraction of sp³-hybridized carbons (Fsp3) is 0.667. The first-order valence-electron chi connectivity index (χ1n) is 7.35. The third kappa shape index (κ3) is 3.26. The van der Waals surface area contributed by atoms with Crippen molar-refractivity contribution in [2.75, 3.05) is 18.5 Å². The van der Waals surface area contributed by atoms with Crippen LogP contribution in [0.1, 0.15) is 48.9 Å². The summed E-state index contributed by atoms with van der Waals surface area (Å²) in [6.45, 7) is 4.96. The van der Waals surface area contributed by atoms with E-state index >= 15 is 0 Å². The number of nitrogens with zero attached hydrogens (tertiary/aromatic N) is 3. The third-order valence-electron chi connectivity index (χ3n) is 4.30. The second-order valence-corrected chi connectivity index (χ2v) is 6.30. The Balaban J connectivity index is 2.22. The van der Waals surface area contributed by atoms with E-state index in [1.54, 1.807) is 0 Å². The molecule has 1 aromatic rings. The summed E-state index contributed by atoms with van der Waals surface area (Å²) in [6, 6.07) is 0. The smallest absolute Gasteiger partial charge is 0.161 e. The van der Waals surface area contributed by atoms with E-state index < -0.39 is 0 Å². The van der Waals surface area contributed by atoms with Crippen molar-refractivity contribution in [2.24, 2.45) is 11.7 Å². The van der Waals surface area contributed by atoms with E-state index in [0.717, 1.165) is 35.1 Å². The van der Waals surface area contributed by atoms with Crippen LogP contribution in [0.5, 0.6) is 0 Å². The Morgan fingerprint density at radius 2 is 1.90 bits per heavy atom. The van der Waals surface area contributed by atoms with Crippen molar-refractivity contribution >= 4 is 23.0 Å². The van der Waals surface area contributed by atoms with E-state index in [-0.39, 0.29) is 0 Å². The van der Waals surface area contributed by atoms with Gasteiger partial charge in [0.2, 0.25) is 0 Å². The zero-order valence-corrected chi connectivity index (χ0v) is 13.5. The standard InChI is InChI=1S/C15H24N4S/c1-10-11(2)17-18-15(13(10)14(16)20)19(3)9-12-7-5-4-6-8-12/h12H,4-9H2,1-3H3,(H2,16,20). The summed E-state index contributed by atoms with van der Waals surface area (Å²) < 4.78 is 0. The minimum atomic E-state index is 0.408. The number of hydrogen-bond donors (Lipinski definition) is 1. The lowest BCUT2D eigenvalue weighted by molar-refractivity contribution is 0.361. The minimum absolute atomic E-state index is 0.408. The van der Waals surface area contributed by atoms with Gasteiger partial charge in [-0.15, -0.1) is 5.10 Å². The van der Waals surface area contributed by atoms with E-state index in [1.165, 1.54) is 32.1 Å². The van der Waals surface area contributed by atoms with Gasteiger partial charge in [-0.3, -0.25) is 0 Å². The largest absolute Gasteiger partial charge is 0.389 e. The van der Waals surface area contributed by atoms with Gasteiger partial charge in [0.05, 0.1) is 11.3 Å². The maximum atomic E-state index is 5.89. The summed E-state index contributed by atoms with van der Waals surface area (Å²) in [4.78, 5) is 2.58. The Morgan fingerprint density at radius 1 is 1.25 bits per heavy atom. The summed E-state index contributed by atoms with van der Waals surface area (Å²) in [5, 5.41) is 8.56. The van der Waals surface area contributed by atoms with Crippen LogP contribution in [-0.4, -0.2) is 28.8 Å². The molecule has 0 aliphatic heterocycles. The molecular formula is C15H24N4S. The molecule has 0 radical (unpaired) electrons. The average molecular weight is 292 g/mol. The molecule has 0 bridgehead atoms. The van der Waals surface area contributed by atoms with Gasteiger partial charge in [0.25, 0.3) is 0 Å². The van der Waals surface area contributed by atoms with Gasteiger partial charge in [-0.2, -0.15) is 5.10 Å². The number of aromatic nitrogens is 2. The number of aryl methyl sites for hydroxylation is 1. The van der Waals surface area contributed by atoms with Crippen molar-refractivity contribution in [3.8, 4) is 0 Å². The first-order chi connectivity index (χ1) is 9.50. The predicted octanol–water partition coefficient (Wildman–Crippen LogP) is 2.74. The van der Waals surface area contributed by atoms with Crippen LogP contribution in [0.2, 0.25) is 0 Å². The zero-order chi connectivity index (χ0) is 14.7. The molecule has 2 N–H and O–H groups in total. The first kappa shape index (κ1) is 15.2. The van der Waals surface area contributed by atoms with Crippen molar-refractivity contribution in [2.45, 2.75) is 46.0 Å². The Hall–Kier alpha value is -1.23. The van der Waals surface area contributed by atoms with E-state index in [4.69, 9.17) is 18.0 Å². The van der Waals surface area contributed by atoms with Gasteiger partial charge in [0, 0.05) is 13.6 Å². The maximum absolute atomic E-state index is 5.89. The van der Waals surface area contributed by atoms with Crippen LogP contribution in [0.4, 0.5) is 5.82 Å². The van der Waals surface area contributed by atoms with Crippen molar-refractivity contribution in [3.63, 3.8) is 0 Å². The minimum Gasteiger partial charge on any atom is -0.389 e. The Bertz CT molecular complexity index is 495. The van der Waals surface area contributed by atoms with E-state index in [1.807, 2.05) is 13.8 Å². The quantitative estimate of drug-likeness (QED) is 0.865. The van der Waals surface area contributed by atoms with Crippen molar-refractivity contribution in [3.05, 3.63) is 16.8 Å². The van der Waals surface area contributed by atoms with E-state index in [0.29, 0.717) is 4.99 Å². The molecule has 2 rings (SSSR count). The lowest BCUT2D eigenvalue weighted by Crippen LogP contribution is -2.30. The average Bonchev–Trinajstić information content (AvgIpc) is 2.42. The summed E-state index contributed by atoms with van der Waals surface area (Å²) in [5.41, 5.74) is 8.70. The third-order valence-corrected chi connectivity index (χ3v) is 4.50. The highest BCUT2D eigenvalue weighted by atomic mass is 32.1. The van der Waals surface area contributed by atoms with Crippen LogP contribution in [0.15, 0.2) is 0 Å². The van der Waals surface area contributed by atoms with E-state index in [2.05, 4.69) is 22.1 Å². The van der Waals surface area contributed by atoms with E-state index in [9.17, 15) is 0 Å². The highest BCUT2D eigenvalue weighted by molar-refractivity contribution is 7.80. The van der Waals surface area contributed by atoms with Crippen LogP contribution in [0, 0.1) is 19.8 Å². The molecule has 1 aliphatic carbocycles. The molecule has 1 fully saturated rings. The fourth-order valence-electron chi connectivity index (χ4n) is 3.00.